The van der Waals surface area contributed by atoms with Gasteiger partial charge in [0, 0.05) is 12.6 Å². The third-order valence-corrected chi connectivity index (χ3v) is 5.79. The molecule has 2 unspecified atom stereocenters. The van der Waals surface area contributed by atoms with Crippen LogP contribution < -0.4 is 16.0 Å². The second-order valence-corrected chi connectivity index (χ2v) is 7.81. The Bertz CT molecular complexity index is 726. The van der Waals surface area contributed by atoms with E-state index >= 15 is 0 Å². The van der Waals surface area contributed by atoms with Crippen molar-refractivity contribution < 1.29 is 14.4 Å². The Morgan fingerprint density at radius 2 is 1.71 bits per heavy atom. The second kappa shape index (κ2) is 8.73. The zero-order valence-corrected chi connectivity index (χ0v) is 16.8. The third-order valence-electron chi connectivity index (χ3n) is 5.79. The maximum absolute atomic E-state index is 12.9. The Morgan fingerprint density at radius 1 is 1.07 bits per heavy atom. The van der Waals surface area contributed by atoms with Gasteiger partial charge in [0.2, 0.25) is 17.7 Å². The van der Waals surface area contributed by atoms with Crippen LogP contribution in [0.2, 0.25) is 0 Å². The van der Waals surface area contributed by atoms with E-state index in [9.17, 15) is 14.4 Å². The summed E-state index contributed by atoms with van der Waals surface area (Å²) < 4.78 is 0. The molecule has 3 atom stereocenters. The van der Waals surface area contributed by atoms with Crippen LogP contribution in [-0.2, 0) is 27.2 Å². The first-order chi connectivity index (χ1) is 13.4. The zero-order chi connectivity index (χ0) is 20.3. The number of rotatable bonds is 6. The molecule has 1 heterocycles. The summed E-state index contributed by atoms with van der Waals surface area (Å²) in [5.41, 5.74) is 2.56. The maximum atomic E-state index is 12.9. The first-order valence-corrected chi connectivity index (χ1v) is 10.1. The molecular weight excluding hydrogens is 356 g/mol. The van der Waals surface area contributed by atoms with Crippen LogP contribution >= 0.6 is 0 Å². The Morgan fingerprint density at radius 3 is 2.32 bits per heavy atom. The normalized spacial score (nSPS) is 21.1. The number of amides is 3. The molecule has 0 saturated carbocycles. The fourth-order valence-electron chi connectivity index (χ4n) is 4.04. The van der Waals surface area contributed by atoms with E-state index < -0.39 is 12.1 Å². The molecule has 0 bridgehead atoms. The molecule has 7 heteroatoms. The van der Waals surface area contributed by atoms with Gasteiger partial charge in [0.05, 0.1) is 6.04 Å². The molecule has 1 fully saturated rings. The molecule has 1 saturated heterocycles. The Kier molecular flexibility index (Phi) is 6.34. The Balaban J connectivity index is 1.57. The lowest BCUT2D eigenvalue weighted by atomic mass is 10.1. The van der Waals surface area contributed by atoms with Crippen LogP contribution in [-0.4, -0.2) is 60.4 Å². The van der Waals surface area contributed by atoms with Gasteiger partial charge in [0.25, 0.3) is 0 Å². The molecule has 1 aliphatic carbocycles. The lowest BCUT2D eigenvalue weighted by Gasteiger charge is -2.28. The molecule has 7 nitrogen and oxygen atoms in total. The number of fused-ring (bicyclic) bond motifs is 1. The largest absolute Gasteiger partial charge is 0.351 e. The first-order valence-electron chi connectivity index (χ1n) is 10.1. The molecule has 2 aliphatic rings. The van der Waals surface area contributed by atoms with Crippen molar-refractivity contribution in [2.75, 3.05) is 13.6 Å². The van der Waals surface area contributed by atoms with E-state index in [1.165, 1.54) is 11.1 Å². The topological polar surface area (TPSA) is 90.5 Å². The number of nitrogens with zero attached hydrogens (tertiary/aromatic N) is 1. The molecular formula is C21H30N4O3. The van der Waals surface area contributed by atoms with Gasteiger partial charge in [0.1, 0.15) is 12.1 Å². The van der Waals surface area contributed by atoms with Crippen LogP contribution in [0.5, 0.6) is 0 Å². The summed E-state index contributed by atoms with van der Waals surface area (Å²) in [6.07, 6.45) is 3.11. The van der Waals surface area contributed by atoms with Crippen molar-refractivity contribution in [2.24, 2.45) is 0 Å². The van der Waals surface area contributed by atoms with Crippen LogP contribution in [0.3, 0.4) is 0 Å². The first kappa shape index (κ1) is 20.3. The highest BCUT2D eigenvalue weighted by Gasteiger charge is 2.37. The van der Waals surface area contributed by atoms with Crippen molar-refractivity contribution in [3.63, 3.8) is 0 Å². The van der Waals surface area contributed by atoms with Crippen LogP contribution in [0.1, 0.15) is 37.8 Å². The van der Waals surface area contributed by atoms with Gasteiger partial charge < -0.3 is 20.9 Å². The van der Waals surface area contributed by atoms with Crippen molar-refractivity contribution in [3.05, 3.63) is 35.4 Å². The summed E-state index contributed by atoms with van der Waals surface area (Å²) in [7, 11) is 1.69. The van der Waals surface area contributed by atoms with Crippen molar-refractivity contribution in [3.8, 4) is 0 Å². The number of hydrogen-bond acceptors (Lipinski definition) is 4. The summed E-state index contributed by atoms with van der Waals surface area (Å²) in [6, 6.07) is 6.82. The number of likely N-dealkylation sites (N-methyl/N-ethyl adjacent to an activating group) is 1. The van der Waals surface area contributed by atoms with Crippen LogP contribution in [0.4, 0.5) is 0 Å². The van der Waals surface area contributed by atoms with Gasteiger partial charge in [-0.25, -0.2) is 0 Å². The molecule has 0 aromatic heterocycles. The summed E-state index contributed by atoms with van der Waals surface area (Å²) in [4.78, 5) is 39.3. The number of likely N-dealkylation sites (tertiary alicyclic amines) is 1. The predicted molar refractivity (Wildman–Crippen MR) is 107 cm³/mol. The standard InChI is InChI=1S/C21H30N4O3/c1-13(22-3)19(26)23-14(2)21(28)25-10-6-9-18(25)20(27)24-17-11-15-7-4-5-8-16(15)12-17/h4-5,7-8,13-14,17-18,22H,6,9-12H2,1-3H3,(H,23,26)(H,24,27)/t13?,14-,18?/m0/s1. The zero-order valence-electron chi connectivity index (χ0n) is 16.8. The second-order valence-electron chi connectivity index (χ2n) is 7.81. The van der Waals surface area contributed by atoms with E-state index in [0.717, 1.165) is 19.3 Å². The lowest BCUT2D eigenvalue weighted by molar-refractivity contribution is -0.141. The molecule has 3 N–H and O–H groups in total. The molecule has 3 amide bonds. The van der Waals surface area contributed by atoms with E-state index in [4.69, 9.17) is 0 Å². The number of carbonyl (C=O) groups excluding carboxylic acids is 3. The highest BCUT2D eigenvalue weighted by molar-refractivity contribution is 5.93. The highest BCUT2D eigenvalue weighted by atomic mass is 16.2. The minimum atomic E-state index is -0.660. The molecule has 152 valence electrons. The van der Waals surface area contributed by atoms with E-state index in [-0.39, 0.29) is 29.8 Å². The van der Waals surface area contributed by atoms with Gasteiger partial charge in [-0.3, -0.25) is 14.4 Å². The number of carbonyl (C=O) groups is 3. The van der Waals surface area contributed by atoms with Crippen molar-refractivity contribution in [2.45, 2.75) is 63.7 Å². The van der Waals surface area contributed by atoms with Gasteiger partial charge >= 0.3 is 0 Å². The molecule has 1 aromatic rings. The fourth-order valence-corrected chi connectivity index (χ4v) is 4.04. The maximum Gasteiger partial charge on any atom is 0.245 e. The summed E-state index contributed by atoms with van der Waals surface area (Å²) in [5.74, 6) is -0.526. The Labute approximate surface area is 166 Å². The molecule has 3 rings (SSSR count). The Hall–Kier alpha value is -2.41. The average Bonchev–Trinajstić information content (AvgIpc) is 3.32. The minimum Gasteiger partial charge on any atom is -0.351 e. The van der Waals surface area contributed by atoms with Crippen molar-refractivity contribution in [1.82, 2.24) is 20.9 Å². The third kappa shape index (κ3) is 4.35. The average molecular weight is 386 g/mol. The smallest absolute Gasteiger partial charge is 0.245 e. The van der Waals surface area contributed by atoms with Crippen LogP contribution in [0.15, 0.2) is 24.3 Å². The summed E-state index contributed by atoms with van der Waals surface area (Å²) >= 11 is 0. The molecule has 28 heavy (non-hydrogen) atoms. The van der Waals surface area contributed by atoms with E-state index in [1.54, 1.807) is 25.8 Å². The molecule has 1 aromatic carbocycles. The highest BCUT2D eigenvalue weighted by Crippen LogP contribution is 2.23. The van der Waals surface area contributed by atoms with Gasteiger partial charge in [-0.1, -0.05) is 24.3 Å². The minimum absolute atomic E-state index is 0.0797. The molecule has 0 radical (unpaired) electrons. The van der Waals surface area contributed by atoms with Crippen molar-refractivity contribution >= 4 is 17.7 Å². The number of hydrogen-bond donors (Lipinski definition) is 3. The lowest BCUT2D eigenvalue weighted by Crippen LogP contribution is -2.55. The van der Waals surface area contributed by atoms with Gasteiger partial charge in [-0.2, -0.15) is 0 Å². The fraction of sp³-hybridized carbons (Fsp3) is 0.571. The van der Waals surface area contributed by atoms with E-state index in [2.05, 4.69) is 28.1 Å². The van der Waals surface area contributed by atoms with E-state index in [0.29, 0.717) is 13.0 Å². The van der Waals surface area contributed by atoms with Crippen LogP contribution in [0, 0.1) is 0 Å². The van der Waals surface area contributed by atoms with Gasteiger partial charge in [-0.05, 0) is 57.7 Å². The summed E-state index contributed by atoms with van der Waals surface area (Å²) in [6.45, 7) is 3.95. The number of nitrogens with one attached hydrogen (secondary N) is 3. The van der Waals surface area contributed by atoms with Crippen molar-refractivity contribution in [1.29, 1.82) is 0 Å². The quantitative estimate of drug-likeness (QED) is 0.659. The van der Waals surface area contributed by atoms with Crippen LogP contribution in [0.25, 0.3) is 0 Å². The van der Waals surface area contributed by atoms with Gasteiger partial charge in [0.15, 0.2) is 0 Å². The van der Waals surface area contributed by atoms with E-state index in [1.807, 2.05) is 12.1 Å². The van der Waals surface area contributed by atoms with Gasteiger partial charge in [-0.15, -0.1) is 0 Å². The SMILES string of the molecule is CNC(C)C(=O)N[C@@H](C)C(=O)N1CCCC1C(=O)NC1Cc2ccccc2C1. The monoisotopic (exact) mass is 386 g/mol. The molecule has 0 spiro atoms. The summed E-state index contributed by atoms with van der Waals surface area (Å²) in [5, 5.41) is 8.71. The predicted octanol–water partition coefficient (Wildman–Crippen LogP) is 0.374. The molecule has 1 aliphatic heterocycles. The number of benzene rings is 1.